The van der Waals surface area contributed by atoms with E-state index in [4.69, 9.17) is 0 Å². The van der Waals surface area contributed by atoms with Gasteiger partial charge >= 0.3 is 0 Å². The summed E-state index contributed by atoms with van der Waals surface area (Å²) < 4.78 is 0. The molecule has 5 heteroatoms. The van der Waals surface area contributed by atoms with Crippen LogP contribution in [0, 0.1) is 6.92 Å². The number of thioether (sulfide) groups is 1. The summed E-state index contributed by atoms with van der Waals surface area (Å²) in [6.45, 7) is 4.69. The molecule has 2 aromatic rings. The molecule has 3 rings (SSSR count). The molecule has 0 aliphatic carbocycles. The van der Waals surface area contributed by atoms with Crippen molar-refractivity contribution in [2.24, 2.45) is 0 Å². The summed E-state index contributed by atoms with van der Waals surface area (Å²) in [7, 11) is 0. The first-order valence-corrected chi connectivity index (χ1v) is 9.35. The predicted molar refractivity (Wildman–Crippen MR) is 103 cm³/mol. The van der Waals surface area contributed by atoms with Gasteiger partial charge in [0.25, 0.3) is 0 Å². The zero-order valence-corrected chi connectivity index (χ0v) is 15.3. The minimum Gasteiger partial charge on any atom is -0.325 e. The number of hydrogen-bond acceptors (Lipinski definition) is 3. The molecule has 1 saturated heterocycles. The number of amides is 2. The van der Waals surface area contributed by atoms with Gasteiger partial charge in [0.05, 0.1) is 5.25 Å². The van der Waals surface area contributed by atoms with Crippen LogP contribution in [0.25, 0.3) is 0 Å². The van der Waals surface area contributed by atoms with E-state index in [0.717, 1.165) is 29.2 Å². The van der Waals surface area contributed by atoms with Crippen molar-refractivity contribution in [1.82, 2.24) is 0 Å². The van der Waals surface area contributed by atoms with Crippen molar-refractivity contribution in [3.05, 3.63) is 54.1 Å². The van der Waals surface area contributed by atoms with Crippen molar-refractivity contribution in [2.75, 3.05) is 16.8 Å². The summed E-state index contributed by atoms with van der Waals surface area (Å²) in [5.74, 6) is 0.0993. The second kappa shape index (κ2) is 7.74. The van der Waals surface area contributed by atoms with Crippen LogP contribution in [-0.2, 0) is 9.59 Å². The molecule has 1 atom stereocenters. The van der Waals surface area contributed by atoms with Gasteiger partial charge in [-0.05, 0) is 50.6 Å². The van der Waals surface area contributed by atoms with E-state index in [1.54, 1.807) is 4.90 Å². The van der Waals surface area contributed by atoms with Gasteiger partial charge in [-0.3, -0.25) is 9.59 Å². The SMILES string of the molecule is Cc1ccc(S[C@H](C)C(=O)Nc2cccc(N3CCCC3=O)c2)cc1. The van der Waals surface area contributed by atoms with E-state index in [0.29, 0.717) is 6.42 Å². The van der Waals surface area contributed by atoms with Crippen LogP contribution in [-0.4, -0.2) is 23.6 Å². The molecule has 0 bridgehead atoms. The number of rotatable bonds is 5. The molecule has 25 heavy (non-hydrogen) atoms. The molecule has 1 fully saturated rings. The molecule has 2 amide bonds. The van der Waals surface area contributed by atoms with Gasteiger partial charge in [0, 0.05) is 29.2 Å². The molecule has 0 unspecified atom stereocenters. The van der Waals surface area contributed by atoms with Crippen LogP contribution in [0.4, 0.5) is 11.4 Å². The number of benzene rings is 2. The number of carbonyl (C=O) groups excluding carboxylic acids is 2. The van der Waals surface area contributed by atoms with Gasteiger partial charge < -0.3 is 10.2 Å². The number of anilines is 2. The van der Waals surface area contributed by atoms with E-state index in [1.165, 1.54) is 17.3 Å². The third-order valence-corrected chi connectivity index (χ3v) is 5.31. The van der Waals surface area contributed by atoms with E-state index in [1.807, 2.05) is 62.4 Å². The monoisotopic (exact) mass is 354 g/mol. The van der Waals surface area contributed by atoms with E-state index in [2.05, 4.69) is 5.32 Å². The van der Waals surface area contributed by atoms with Gasteiger partial charge in [-0.15, -0.1) is 11.8 Å². The lowest BCUT2D eigenvalue weighted by Crippen LogP contribution is -2.25. The highest BCUT2D eigenvalue weighted by molar-refractivity contribution is 8.00. The Morgan fingerprint density at radius 1 is 1.20 bits per heavy atom. The maximum atomic E-state index is 12.5. The standard InChI is InChI=1S/C20H22N2O2S/c1-14-8-10-18(11-9-14)25-15(2)20(24)21-16-5-3-6-17(13-16)22-12-4-7-19(22)23/h3,5-6,8-11,13,15H,4,7,12H2,1-2H3,(H,21,24)/t15-/m1/s1. The Bertz CT molecular complexity index is 774. The van der Waals surface area contributed by atoms with Crippen molar-refractivity contribution in [1.29, 1.82) is 0 Å². The van der Waals surface area contributed by atoms with Gasteiger partial charge in [-0.2, -0.15) is 0 Å². The van der Waals surface area contributed by atoms with Crippen LogP contribution >= 0.6 is 11.8 Å². The summed E-state index contributed by atoms with van der Waals surface area (Å²) >= 11 is 1.53. The lowest BCUT2D eigenvalue weighted by atomic mass is 10.2. The predicted octanol–water partition coefficient (Wildman–Crippen LogP) is 4.24. The second-order valence-corrected chi connectivity index (χ2v) is 7.68. The zero-order chi connectivity index (χ0) is 17.8. The Labute approximate surface area is 152 Å². The fraction of sp³-hybridized carbons (Fsp3) is 0.300. The van der Waals surface area contributed by atoms with Crippen molar-refractivity contribution in [2.45, 2.75) is 36.8 Å². The third kappa shape index (κ3) is 4.42. The minimum absolute atomic E-state index is 0.0459. The van der Waals surface area contributed by atoms with Gasteiger partial charge in [0.15, 0.2) is 0 Å². The summed E-state index contributed by atoms with van der Waals surface area (Å²) in [6.07, 6.45) is 1.49. The Hall–Kier alpha value is -2.27. The summed E-state index contributed by atoms with van der Waals surface area (Å²) in [5, 5.41) is 2.75. The Morgan fingerprint density at radius 2 is 1.96 bits per heavy atom. The zero-order valence-electron chi connectivity index (χ0n) is 14.5. The topological polar surface area (TPSA) is 49.4 Å². The fourth-order valence-corrected chi connectivity index (χ4v) is 3.66. The Morgan fingerprint density at radius 3 is 2.64 bits per heavy atom. The highest BCUT2D eigenvalue weighted by atomic mass is 32.2. The average Bonchev–Trinajstić information content (AvgIpc) is 3.03. The normalized spacial score (nSPS) is 15.3. The van der Waals surface area contributed by atoms with E-state index < -0.39 is 0 Å². The molecule has 1 heterocycles. The van der Waals surface area contributed by atoms with E-state index in [9.17, 15) is 9.59 Å². The van der Waals surface area contributed by atoms with Crippen molar-refractivity contribution in [3.63, 3.8) is 0 Å². The molecule has 130 valence electrons. The Kier molecular flexibility index (Phi) is 5.43. The van der Waals surface area contributed by atoms with Crippen molar-refractivity contribution < 1.29 is 9.59 Å². The molecule has 2 aromatic carbocycles. The Balaban J connectivity index is 1.64. The van der Waals surface area contributed by atoms with Gasteiger partial charge in [-0.25, -0.2) is 0 Å². The average molecular weight is 354 g/mol. The molecule has 1 aliphatic heterocycles. The first-order valence-electron chi connectivity index (χ1n) is 8.47. The van der Waals surface area contributed by atoms with Gasteiger partial charge in [0.2, 0.25) is 11.8 Å². The van der Waals surface area contributed by atoms with Crippen molar-refractivity contribution in [3.8, 4) is 0 Å². The number of nitrogens with one attached hydrogen (secondary N) is 1. The van der Waals surface area contributed by atoms with E-state index >= 15 is 0 Å². The first kappa shape index (κ1) is 17.5. The molecular weight excluding hydrogens is 332 g/mol. The maximum Gasteiger partial charge on any atom is 0.237 e. The first-order chi connectivity index (χ1) is 12.0. The van der Waals surface area contributed by atoms with Crippen LogP contribution < -0.4 is 10.2 Å². The molecule has 0 radical (unpaired) electrons. The van der Waals surface area contributed by atoms with Crippen LogP contribution in [0.1, 0.15) is 25.3 Å². The molecule has 0 saturated carbocycles. The summed E-state index contributed by atoms with van der Waals surface area (Å²) in [6, 6.07) is 15.6. The highest BCUT2D eigenvalue weighted by Gasteiger charge is 2.22. The molecule has 0 spiro atoms. The molecule has 0 aromatic heterocycles. The molecule has 4 nitrogen and oxygen atoms in total. The van der Waals surface area contributed by atoms with Crippen LogP contribution in [0.5, 0.6) is 0 Å². The number of hydrogen-bond donors (Lipinski definition) is 1. The van der Waals surface area contributed by atoms with Crippen LogP contribution in [0.3, 0.4) is 0 Å². The number of aryl methyl sites for hydroxylation is 1. The van der Waals surface area contributed by atoms with Crippen molar-refractivity contribution >= 4 is 35.0 Å². The molecular formula is C20H22N2O2S. The smallest absolute Gasteiger partial charge is 0.237 e. The summed E-state index contributed by atoms with van der Waals surface area (Å²) in [5.41, 5.74) is 2.77. The fourth-order valence-electron chi connectivity index (χ4n) is 2.79. The van der Waals surface area contributed by atoms with Gasteiger partial charge in [-0.1, -0.05) is 23.8 Å². The lowest BCUT2D eigenvalue weighted by Gasteiger charge is -2.17. The van der Waals surface area contributed by atoms with Crippen LogP contribution in [0.15, 0.2) is 53.4 Å². The molecule has 1 aliphatic rings. The third-order valence-electron chi connectivity index (χ3n) is 4.20. The van der Waals surface area contributed by atoms with E-state index in [-0.39, 0.29) is 17.1 Å². The summed E-state index contributed by atoms with van der Waals surface area (Å²) in [4.78, 5) is 27.2. The maximum absolute atomic E-state index is 12.5. The second-order valence-electron chi connectivity index (χ2n) is 6.26. The highest BCUT2D eigenvalue weighted by Crippen LogP contribution is 2.27. The quantitative estimate of drug-likeness (QED) is 0.817. The molecule has 1 N–H and O–H groups in total. The number of nitrogens with zero attached hydrogens (tertiary/aromatic N) is 1. The van der Waals surface area contributed by atoms with Crippen LogP contribution in [0.2, 0.25) is 0 Å². The largest absolute Gasteiger partial charge is 0.325 e. The van der Waals surface area contributed by atoms with Gasteiger partial charge in [0.1, 0.15) is 0 Å². The minimum atomic E-state index is -0.209. The number of carbonyl (C=O) groups is 2. The lowest BCUT2D eigenvalue weighted by molar-refractivity contribution is -0.117.